The summed E-state index contributed by atoms with van der Waals surface area (Å²) in [5.41, 5.74) is 0. The molecule has 0 aromatic rings. The average Bonchev–Trinajstić information content (AvgIpc) is 1.00. The second kappa shape index (κ2) is 22.3. The van der Waals surface area contributed by atoms with Crippen LogP contribution < -0.4 is 0 Å². The van der Waals surface area contributed by atoms with Crippen LogP contribution in [0.2, 0.25) is 0 Å². The van der Waals surface area contributed by atoms with Crippen molar-refractivity contribution in [1.82, 2.24) is 0 Å². The van der Waals surface area contributed by atoms with Crippen molar-refractivity contribution in [2.75, 3.05) is 0 Å². The Morgan fingerprint density at radius 3 is 1.25 bits per heavy atom. The normalized spacial score (nSPS) is 0.750. The summed E-state index contributed by atoms with van der Waals surface area (Å²) in [5, 5.41) is 0. The molecule has 0 spiro atoms. The zero-order valence-electron chi connectivity index (χ0n) is 1.60. The number of hydrogen-bond donors (Lipinski definition) is 0. The van der Waals surface area contributed by atoms with Crippen LogP contribution in [0, 0.1) is 0 Å². The molecule has 0 heterocycles. The van der Waals surface area contributed by atoms with E-state index < -0.39 is 0 Å². The molecule has 1 radical (unpaired) electrons. The van der Waals surface area contributed by atoms with Gasteiger partial charge in [0.25, 0.3) is 0 Å². The Bertz CT molecular complexity index is 8.00. The van der Waals surface area contributed by atoms with Gasteiger partial charge >= 0.3 is 27.2 Å². The fraction of sp³-hybridized carbons (Fsp3) is 0. The van der Waals surface area contributed by atoms with Gasteiger partial charge in [-0.25, -0.2) is 0 Å². The van der Waals surface area contributed by atoms with Crippen molar-refractivity contribution in [2.24, 2.45) is 0 Å². The van der Waals surface area contributed by atoms with Crippen molar-refractivity contribution >= 4 is 0 Å². The van der Waals surface area contributed by atoms with Crippen molar-refractivity contribution < 1.29 is 61.1 Å². The Hall–Kier alpha value is 1.70. The molecule has 0 fully saturated rings. The van der Waals surface area contributed by atoms with Crippen LogP contribution in [0.15, 0.2) is 0 Å². The number of rotatable bonds is 0. The second-order valence-electron chi connectivity index (χ2n) is 0. The third kappa shape index (κ3) is 9.34. The first-order valence-electron chi connectivity index (χ1n) is 0.204. The second-order valence-corrected chi connectivity index (χ2v) is 0. The minimum atomic E-state index is 0. The summed E-state index contributed by atoms with van der Waals surface area (Å²) in [7, 11) is 0. The van der Waals surface area contributed by atoms with Crippen LogP contribution in [0.4, 0.5) is 0 Å². The van der Waals surface area contributed by atoms with Gasteiger partial charge in [0.05, 0.1) is 0 Å². The fourth-order valence-corrected chi connectivity index (χ4v) is 0. The van der Waals surface area contributed by atoms with Gasteiger partial charge in [-0.05, 0) is 0 Å². The van der Waals surface area contributed by atoms with Crippen LogP contribution in [0.3, 0.4) is 0 Å². The molecule has 0 rings (SSSR count). The van der Waals surface area contributed by atoms with Gasteiger partial charge in [-0.2, -0.15) is 0 Å². The van der Waals surface area contributed by atoms with Gasteiger partial charge in [0.1, 0.15) is 0 Å². The predicted octanol–water partition coefficient (Wildman–Crippen LogP) is -0.126. The van der Waals surface area contributed by atoms with Crippen molar-refractivity contribution in [2.45, 2.75) is 0 Å². The Labute approximate surface area is 60.6 Å². The molecule has 0 aliphatic rings. The monoisotopic (exact) mass is 311 g/mol. The summed E-state index contributed by atoms with van der Waals surface area (Å²) < 4.78 is 8.39. The Morgan fingerprint density at radius 2 is 1.25 bits per heavy atom. The SMILES string of the molecule is [Co].[Fe].[O]=[Hf]. The van der Waals surface area contributed by atoms with Crippen LogP contribution in [0.25, 0.3) is 0 Å². The molecule has 0 saturated carbocycles. The molecule has 0 aliphatic carbocycles. The summed E-state index contributed by atoms with van der Waals surface area (Å²) >= 11 is 0.0556. The van der Waals surface area contributed by atoms with Gasteiger partial charge in [0.15, 0.2) is 0 Å². The molecule has 0 bridgehead atoms. The summed E-state index contributed by atoms with van der Waals surface area (Å²) in [6.45, 7) is 0. The fourth-order valence-electron chi connectivity index (χ4n) is 0. The molecule has 0 amide bonds. The molecule has 0 aromatic heterocycles. The molecule has 0 aliphatic heterocycles. The minimum absolute atomic E-state index is 0. The molecule has 4 heteroatoms. The van der Waals surface area contributed by atoms with E-state index in [1.165, 1.54) is 0 Å². The number of hydrogen-bond acceptors (Lipinski definition) is 1. The molecule has 4 heavy (non-hydrogen) atoms. The molecule has 1 nitrogen and oxygen atoms in total. The van der Waals surface area contributed by atoms with Gasteiger partial charge in [0.2, 0.25) is 0 Å². The predicted molar refractivity (Wildman–Crippen MR) is 0.686 cm³/mol. The van der Waals surface area contributed by atoms with E-state index in [1.54, 1.807) is 0 Å². The van der Waals surface area contributed by atoms with Crippen LogP contribution in [-0.2, 0) is 61.1 Å². The molecular weight excluding hydrogens is 309 g/mol. The third-order valence-electron chi connectivity index (χ3n) is 0. The van der Waals surface area contributed by atoms with Crippen molar-refractivity contribution in [1.29, 1.82) is 0 Å². The topological polar surface area (TPSA) is 17.1 Å². The van der Waals surface area contributed by atoms with Gasteiger partial charge in [-0.3, -0.25) is 0 Å². The van der Waals surface area contributed by atoms with Crippen LogP contribution in [-0.4, -0.2) is 0 Å². The van der Waals surface area contributed by atoms with Crippen LogP contribution in [0.1, 0.15) is 0 Å². The summed E-state index contributed by atoms with van der Waals surface area (Å²) in [4.78, 5) is 0. The van der Waals surface area contributed by atoms with Crippen molar-refractivity contribution in [3.05, 3.63) is 0 Å². The molecule has 27 valence electrons. The summed E-state index contributed by atoms with van der Waals surface area (Å²) in [6, 6.07) is 0. The molecule has 0 unspecified atom stereocenters. The first-order valence-corrected chi connectivity index (χ1v) is 1.67. The van der Waals surface area contributed by atoms with E-state index in [1.807, 2.05) is 0 Å². The van der Waals surface area contributed by atoms with Gasteiger partial charge < -0.3 is 0 Å². The molecule has 0 atom stereocenters. The summed E-state index contributed by atoms with van der Waals surface area (Å²) in [6.07, 6.45) is 0. The zero-order valence-corrected chi connectivity index (χ0v) is 7.33. The van der Waals surface area contributed by atoms with E-state index in [0.717, 1.165) is 0 Å². The maximum atomic E-state index is 8.39. The van der Waals surface area contributed by atoms with E-state index >= 15 is 0 Å². The Morgan fingerprint density at radius 1 is 1.25 bits per heavy atom. The van der Waals surface area contributed by atoms with Gasteiger partial charge in [-0.1, -0.05) is 0 Å². The molecule has 0 saturated heterocycles. The Kier molecular flexibility index (Phi) is 96.3. The Balaban J connectivity index is -0.00000000500. The van der Waals surface area contributed by atoms with Crippen molar-refractivity contribution in [3.63, 3.8) is 0 Å². The van der Waals surface area contributed by atoms with Crippen molar-refractivity contribution in [3.8, 4) is 0 Å². The van der Waals surface area contributed by atoms with E-state index in [9.17, 15) is 0 Å². The molecule has 0 aromatic carbocycles. The van der Waals surface area contributed by atoms with Crippen LogP contribution >= 0.6 is 0 Å². The first kappa shape index (κ1) is 17.3. The average molecular weight is 309 g/mol. The maximum absolute atomic E-state index is 8.39. The zero-order chi connectivity index (χ0) is 2.00. The van der Waals surface area contributed by atoms with Gasteiger partial charge in [0, 0.05) is 33.8 Å². The van der Waals surface area contributed by atoms with Crippen LogP contribution in [0.5, 0.6) is 0 Å². The third-order valence-corrected chi connectivity index (χ3v) is 0. The van der Waals surface area contributed by atoms with E-state index in [-0.39, 0.29) is 58.2 Å². The van der Waals surface area contributed by atoms with E-state index in [2.05, 4.69) is 0 Å². The quantitative estimate of drug-likeness (QED) is 0.570. The van der Waals surface area contributed by atoms with E-state index in [0.29, 0.717) is 0 Å². The van der Waals surface area contributed by atoms with E-state index in [4.69, 9.17) is 2.85 Å². The standard InChI is InChI=1S/Co.Fe.Hf.O. The first-order chi connectivity index (χ1) is 1.00. The molecular formula is CoFeHfO. The molecule has 0 N–H and O–H groups in total. The van der Waals surface area contributed by atoms with Gasteiger partial charge in [-0.15, -0.1) is 0 Å². The summed E-state index contributed by atoms with van der Waals surface area (Å²) in [5.74, 6) is 0.